The molecular formula is C20H32N2O3. The summed E-state index contributed by atoms with van der Waals surface area (Å²) in [6.07, 6.45) is 1.79. The predicted molar refractivity (Wildman–Crippen MR) is 99.3 cm³/mol. The maximum Gasteiger partial charge on any atom is 0.249 e. The van der Waals surface area contributed by atoms with Crippen LogP contribution in [0.5, 0.6) is 0 Å². The van der Waals surface area contributed by atoms with E-state index in [0.717, 1.165) is 31.6 Å². The lowest BCUT2D eigenvalue weighted by Crippen LogP contribution is -2.35. The van der Waals surface area contributed by atoms with Crippen molar-refractivity contribution in [2.45, 2.75) is 65.0 Å². The van der Waals surface area contributed by atoms with Crippen molar-refractivity contribution in [2.75, 3.05) is 20.3 Å². The Morgan fingerprint density at radius 3 is 2.56 bits per heavy atom. The zero-order chi connectivity index (χ0) is 18.2. The van der Waals surface area contributed by atoms with E-state index in [2.05, 4.69) is 55.4 Å². The van der Waals surface area contributed by atoms with Gasteiger partial charge in [-0.2, -0.15) is 0 Å². The van der Waals surface area contributed by atoms with E-state index >= 15 is 0 Å². The summed E-state index contributed by atoms with van der Waals surface area (Å²) >= 11 is 0. The molecule has 1 aromatic carbocycles. The molecule has 0 aromatic heterocycles. The third-order valence-electron chi connectivity index (χ3n) is 4.73. The highest BCUT2D eigenvalue weighted by molar-refractivity contribution is 5.80. The monoisotopic (exact) mass is 348 g/mol. The fraction of sp³-hybridized carbons (Fsp3) is 0.650. The molecule has 2 rings (SSSR count). The number of hydrogen-bond acceptors (Lipinski definition) is 4. The molecular weight excluding hydrogens is 316 g/mol. The Bertz CT molecular complexity index is 524. The van der Waals surface area contributed by atoms with Gasteiger partial charge in [-0.25, -0.2) is 0 Å². The van der Waals surface area contributed by atoms with Crippen LogP contribution < -0.4 is 5.32 Å². The Morgan fingerprint density at radius 1 is 1.28 bits per heavy atom. The van der Waals surface area contributed by atoms with E-state index in [9.17, 15) is 4.79 Å². The SMILES string of the molecule is CC(OCC1CCCO1)C(=O)NCc1ccc(CN(C)C(C)C)cc1. The van der Waals surface area contributed by atoms with Gasteiger partial charge in [0.2, 0.25) is 5.91 Å². The quantitative estimate of drug-likeness (QED) is 0.745. The Morgan fingerprint density at radius 2 is 1.96 bits per heavy atom. The van der Waals surface area contributed by atoms with Gasteiger partial charge in [0, 0.05) is 25.7 Å². The van der Waals surface area contributed by atoms with Crippen LogP contribution >= 0.6 is 0 Å². The van der Waals surface area contributed by atoms with Gasteiger partial charge in [0.05, 0.1) is 12.7 Å². The van der Waals surface area contributed by atoms with E-state index in [0.29, 0.717) is 19.2 Å². The van der Waals surface area contributed by atoms with Gasteiger partial charge in [0.1, 0.15) is 6.10 Å². The molecule has 2 atom stereocenters. The number of rotatable bonds is 9. The molecule has 0 radical (unpaired) electrons. The molecule has 2 unspecified atom stereocenters. The molecule has 1 aliphatic rings. The molecule has 1 heterocycles. The van der Waals surface area contributed by atoms with Crippen molar-refractivity contribution >= 4 is 5.91 Å². The average Bonchev–Trinajstić information content (AvgIpc) is 3.12. The molecule has 5 heteroatoms. The zero-order valence-corrected chi connectivity index (χ0v) is 16.0. The maximum atomic E-state index is 12.1. The van der Waals surface area contributed by atoms with Gasteiger partial charge in [-0.15, -0.1) is 0 Å². The van der Waals surface area contributed by atoms with Crippen LogP contribution in [0.1, 0.15) is 44.7 Å². The normalized spacial score (nSPS) is 18.7. The van der Waals surface area contributed by atoms with Gasteiger partial charge in [-0.3, -0.25) is 9.69 Å². The first kappa shape index (κ1) is 19.9. The number of carbonyl (C=O) groups excluding carboxylic acids is 1. The van der Waals surface area contributed by atoms with Crippen molar-refractivity contribution in [3.8, 4) is 0 Å². The lowest BCUT2D eigenvalue weighted by atomic mass is 10.1. The highest BCUT2D eigenvalue weighted by Gasteiger charge is 2.19. The first-order valence-corrected chi connectivity index (χ1v) is 9.24. The van der Waals surface area contributed by atoms with Crippen LogP contribution in [0.25, 0.3) is 0 Å². The van der Waals surface area contributed by atoms with Crippen LogP contribution in [-0.4, -0.2) is 49.3 Å². The highest BCUT2D eigenvalue weighted by atomic mass is 16.5. The highest BCUT2D eigenvalue weighted by Crippen LogP contribution is 2.13. The van der Waals surface area contributed by atoms with E-state index in [1.54, 1.807) is 6.92 Å². The molecule has 1 aliphatic heterocycles. The summed E-state index contributed by atoms with van der Waals surface area (Å²) in [6.45, 7) is 8.91. The minimum absolute atomic E-state index is 0.0818. The van der Waals surface area contributed by atoms with Gasteiger partial charge >= 0.3 is 0 Å². The fourth-order valence-electron chi connectivity index (χ4n) is 2.67. The van der Waals surface area contributed by atoms with Crippen LogP contribution in [0.15, 0.2) is 24.3 Å². The van der Waals surface area contributed by atoms with Gasteiger partial charge in [0.25, 0.3) is 0 Å². The number of ether oxygens (including phenoxy) is 2. The number of hydrogen-bond donors (Lipinski definition) is 1. The second-order valence-corrected chi connectivity index (χ2v) is 7.15. The van der Waals surface area contributed by atoms with Gasteiger partial charge in [-0.05, 0) is 51.8 Å². The van der Waals surface area contributed by atoms with Crippen LogP contribution in [0, 0.1) is 0 Å². The molecule has 0 aliphatic carbocycles. The van der Waals surface area contributed by atoms with Crippen molar-refractivity contribution in [3.05, 3.63) is 35.4 Å². The smallest absolute Gasteiger partial charge is 0.249 e. The number of nitrogens with zero attached hydrogens (tertiary/aromatic N) is 1. The van der Waals surface area contributed by atoms with E-state index < -0.39 is 6.10 Å². The van der Waals surface area contributed by atoms with Crippen LogP contribution in [0.2, 0.25) is 0 Å². The summed E-state index contributed by atoms with van der Waals surface area (Å²) in [5.41, 5.74) is 2.37. The second kappa shape index (κ2) is 9.90. The Labute approximate surface area is 151 Å². The second-order valence-electron chi connectivity index (χ2n) is 7.15. The van der Waals surface area contributed by atoms with Crippen molar-refractivity contribution in [1.29, 1.82) is 0 Å². The third-order valence-corrected chi connectivity index (χ3v) is 4.73. The first-order chi connectivity index (χ1) is 12.0. The minimum Gasteiger partial charge on any atom is -0.376 e. The zero-order valence-electron chi connectivity index (χ0n) is 16.0. The molecule has 1 saturated heterocycles. The van der Waals surface area contributed by atoms with Gasteiger partial charge in [-0.1, -0.05) is 24.3 Å². The van der Waals surface area contributed by atoms with E-state index in [1.165, 1.54) is 5.56 Å². The molecule has 0 saturated carbocycles. The summed E-state index contributed by atoms with van der Waals surface area (Å²) in [7, 11) is 2.12. The Kier molecular flexibility index (Phi) is 7.88. The molecule has 1 N–H and O–H groups in total. The maximum absolute atomic E-state index is 12.1. The molecule has 0 spiro atoms. The predicted octanol–water partition coefficient (Wildman–Crippen LogP) is 2.73. The number of benzene rings is 1. The van der Waals surface area contributed by atoms with Crippen molar-refractivity contribution in [2.24, 2.45) is 0 Å². The molecule has 1 fully saturated rings. The summed E-state index contributed by atoms with van der Waals surface area (Å²) in [5.74, 6) is -0.0818. The molecule has 5 nitrogen and oxygen atoms in total. The van der Waals surface area contributed by atoms with Gasteiger partial charge in [0.15, 0.2) is 0 Å². The topological polar surface area (TPSA) is 50.8 Å². The Balaban J connectivity index is 1.71. The lowest BCUT2D eigenvalue weighted by Gasteiger charge is -2.21. The minimum atomic E-state index is -0.455. The average molecular weight is 348 g/mol. The largest absolute Gasteiger partial charge is 0.376 e. The standard InChI is InChI=1S/C20H32N2O3/c1-15(2)22(4)13-18-9-7-17(8-10-18)12-21-20(23)16(3)25-14-19-6-5-11-24-19/h7-10,15-16,19H,5-6,11-14H2,1-4H3,(H,21,23). The van der Waals surface area contributed by atoms with Crippen molar-refractivity contribution < 1.29 is 14.3 Å². The van der Waals surface area contributed by atoms with E-state index in [1.807, 2.05) is 0 Å². The first-order valence-electron chi connectivity index (χ1n) is 9.24. The molecule has 1 aromatic rings. The fourth-order valence-corrected chi connectivity index (χ4v) is 2.67. The molecule has 0 bridgehead atoms. The number of nitrogens with one attached hydrogen (secondary N) is 1. The third kappa shape index (κ3) is 6.77. The van der Waals surface area contributed by atoms with Gasteiger partial charge < -0.3 is 14.8 Å². The van der Waals surface area contributed by atoms with E-state index in [-0.39, 0.29) is 12.0 Å². The van der Waals surface area contributed by atoms with Crippen molar-refractivity contribution in [1.82, 2.24) is 10.2 Å². The van der Waals surface area contributed by atoms with Crippen LogP contribution in [-0.2, 0) is 27.4 Å². The summed E-state index contributed by atoms with van der Waals surface area (Å²) in [4.78, 5) is 14.4. The number of amides is 1. The Hall–Kier alpha value is -1.43. The molecule has 1 amide bonds. The molecule has 140 valence electrons. The summed E-state index contributed by atoms with van der Waals surface area (Å²) in [5, 5.41) is 2.94. The molecule has 25 heavy (non-hydrogen) atoms. The van der Waals surface area contributed by atoms with Crippen LogP contribution in [0.3, 0.4) is 0 Å². The van der Waals surface area contributed by atoms with Crippen LogP contribution in [0.4, 0.5) is 0 Å². The van der Waals surface area contributed by atoms with Crippen molar-refractivity contribution in [3.63, 3.8) is 0 Å². The summed E-state index contributed by atoms with van der Waals surface area (Å²) < 4.78 is 11.1. The summed E-state index contributed by atoms with van der Waals surface area (Å²) in [6, 6.07) is 8.91. The van der Waals surface area contributed by atoms with E-state index in [4.69, 9.17) is 9.47 Å². The number of carbonyl (C=O) groups is 1. The lowest BCUT2D eigenvalue weighted by molar-refractivity contribution is -0.133.